The second-order valence-corrected chi connectivity index (χ2v) is 5.88. The smallest absolute Gasteiger partial charge is 0.0978 e. The average molecular weight is 272 g/mol. The molecule has 3 nitrogen and oxygen atoms in total. The summed E-state index contributed by atoms with van der Waals surface area (Å²) >= 11 is 0. The average Bonchev–Trinajstić information content (AvgIpc) is 2.55. The van der Waals surface area contributed by atoms with Crippen molar-refractivity contribution in [1.82, 2.24) is 10.3 Å². The van der Waals surface area contributed by atoms with Crippen LogP contribution in [0.25, 0.3) is 0 Å². The molecule has 20 heavy (non-hydrogen) atoms. The Kier molecular flexibility index (Phi) is 4.82. The Bertz CT molecular complexity index is 432. The molecule has 1 unspecified atom stereocenters. The Balaban J connectivity index is 1.59. The summed E-state index contributed by atoms with van der Waals surface area (Å²) in [6.07, 6.45) is 14.7. The van der Waals surface area contributed by atoms with Crippen LogP contribution in [0.3, 0.4) is 0 Å². The van der Waals surface area contributed by atoms with Crippen molar-refractivity contribution in [3.63, 3.8) is 0 Å². The molecule has 1 fully saturated rings. The third-order valence-electron chi connectivity index (χ3n) is 4.40. The summed E-state index contributed by atoms with van der Waals surface area (Å²) in [5.41, 5.74) is 1.25. The number of allylic oxidation sites excluding steroid dienone is 2. The summed E-state index contributed by atoms with van der Waals surface area (Å²) in [6, 6.07) is 4.60. The van der Waals surface area contributed by atoms with Gasteiger partial charge < -0.3 is 10.1 Å². The molecule has 1 aliphatic heterocycles. The van der Waals surface area contributed by atoms with Crippen LogP contribution >= 0.6 is 0 Å². The minimum Gasteiger partial charge on any atom is -0.372 e. The number of pyridine rings is 1. The summed E-state index contributed by atoms with van der Waals surface area (Å²) in [5, 5.41) is 3.76. The van der Waals surface area contributed by atoms with E-state index in [0.29, 0.717) is 6.04 Å². The van der Waals surface area contributed by atoms with Crippen molar-refractivity contribution in [3.8, 4) is 0 Å². The van der Waals surface area contributed by atoms with Crippen molar-refractivity contribution < 1.29 is 4.74 Å². The zero-order chi connectivity index (χ0) is 13.6. The maximum atomic E-state index is 6.01. The van der Waals surface area contributed by atoms with Gasteiger partial charge in [0.05, 0.1) is 6.10 Å². The lowest BCUT2D eigenvalue weighted by molar-refractivity contribution is -0.0117. The number of nitrogens with zero attached hydrogens (tertiary/aromatic N) is 1. The maximum Gasteiger partial charge on any atom is 0.0978 e. The Morgan fingerprint density at radius 2 is 2.10 bits per heavy atom. The summed E-state index contributed by atoms with van der Waals surface area (Å²) < 4.78 is 6.01. The van der Waals surface area contributed by atoms with E-state index >= 15 is 0 Å². The first-order valence-electron chi connectivity index (χ1n) is 7.83. The second kappa shape index (κ2) is 7.00. The van der Waals surface area contributed by atoms with Crippen LogP contribution < -0.4 is 5.32 Å². The number of hydrogen-bond donors (Lipinski definition) is 1. The summed E-state index contributed by atoms with van der Waals surface area (Å²) in [5.74, 6) is 0.792. The van der Waals surface area contributed by atoms with Gasteiger partial charge in [-0.25, -0.2) is 0 Å². The molecule has 3 heteroatoms. The zero-order valence-electron chi connectivity index (χ0n) is 12.0. The largest absolute Gasteiger partial charge is 0.372 e. The molecule has 3 rings (SSSR count). The van der Waals surface area contributed by atoms with Gasteiger partial charge in [-0.05, 0) is 62.3 Å². The molecule has 1 N–H and O–H groups in total. The number of ether oxygens (including phenoxy) is 1. The first-order chi connectivity index (χ1) is 9.93. The highest BCUT2D eigenvalue weighted by atomic mass is 16.5. The molecule has 1 aromatic heterocycles. The predicted octanol–water partition coefficient (Wildman–Crippen LogP) is 3.25. The van der Waals surface area contributed by atoms with E-state index in [1.54, 1.807) is 0 Å². The van der Waals surface area contributed by atoms with Gasteiger partial charge >= 0.3 is 0 Å². The highest BCUT2D eigenvalue weighted by Gasteiger charge is 2.27. The van der Waals surface area contributed by atoms with E-state index in [1.165, 1.54) is 31.2 Å². The second-order valence-electron chi connectivity index (χ2n) is 5.88. The molecule has 108 valence electrons. The fourth-order valence-corrected chi connectivity index (χ4v) is 3.23. The van der Waals surface area contributed by atoms with Crippen LogP contribution in [-0.4, -0.2) is 24.2 Å². The van der Waals surface area contributed by atoms with E-state index in [4.69, 9.17) is 4.74 Å². The molecule has 0 aromatic carbocycles. The lowest BCUT2D eigenvalue weighted by atomic mass is 9.92. The van der Waals surface area contributed by atoms with Crippen LogP contribution in [0.15, 0.2) is 36.7 Å². The highest BCUT2D eigenvalue weighted by Crippen LogP contribution is 2.28. The summed E-state index contributed by atoms with van der Waals surface area (Å²) in [7, 11) is 0. The molecule has 0 saturated carbocycles. The number of nitrogens with one attached hydrogen (secondary N) is 1. The molecule has 0 spiro atoms. The molecule has 0 bridgehead atoms. The SMILES string of the molecule is C1=CCC(CN[C@H]2CCCO[C@@H]2c2ccncc2)CC1. The van der Waals surface area contributed by atoms with Gasteiger partial charge in [0, 0.05) is 25.0 Å². The Hall–Kier alpha value is -1.19. The van der Waals surface area contributed by atoms with Gasteiger partial charge in [-0.1, -0.05) is 12.2 Å². The normalized spacial score (nSPS) is 30.3. The van der Waals surface area contributed by atoms with E-state index in [-0.39, 0.29) is 6.10 Å². The van der Waals surface area contributed by atoms with Crippen molar-refractivity contribution in [2.24, 2.45) is 5.92 Å². The maximum absolute atomic E-state index is 6.01. The van der Waals surface area contributed by atoms with Crippen molar-refractivity contribution in [2.45, 2.75) is 44.2 Å². The zero-order valence-corrected chi connectivity index (χ0v) is 12.0. The third-order valence-corrected chi connectivity index (χ3v) is 4.40. The van der Waals surface area contributed by atoms with Crippen LogP contribution in [0.4, 0.5) is 0 Å². The van der Waals surface area contributed by atoms with Gasteiger partial charge in [-0.2, -0.15) is 0 Å². The summed E-state index contributed by atoms with van der Waals surface area (Å²) in [6.45, 7) is 1.98. The fourth-order valence-electron chi connectivity index (χ4n) is 3.23. The lowest BCUT2D eigenvalue weighted by Crippen LogP contribution is -2.41. The van der Waals surface area contributed by atoms with Crippen molar-refractivity contribution >= 4 is 0 Å². The van der Waals surface area contributed by atoms with Gasteiger partial charge in [-0.15, -0.1) is 0 Å². The third kappa shape index (κ3) is 3.47. The van der Waals surface area contributed by atoms with Crippen LogP contribution in [-0.2, 0) is 4.74 Å². The van der Waals surface area contributed by atoms with Gasteiger partial charge in [0.25, 0.3) is 0 Å². The molecule has 2 heterocycles. The van der Waals surface area contributed by atoms with Crippen molar-refractivity contribution in [1.29, 1.82) is 0 Å². The van der Waals surface area contributed by atoms with Gasteiger partial charge in [0.1, 0.15) is 0 Å². The van der Waals surface area contributed by atoms with E-state index in [0.717, 1.165) is 25.5 Å². The predicted molar refractivity (Wildman–Crippen MR) is 80.4 cm³/mol. The highest BCUT2D eigenvalue weighted by molar-refractivity contribution is 5.16. The van der Waals surface area contributed by atoms with Crippen LogP contribution in [0.1, 0.15) is 43.8 Å². The van der Waals surface area contributed by atoms with E-state index in [1.807, 2.05) is 12.4 Å². The molecule has 2 aliphatic rings. The Morgan fingerprint density at radius 3 is 2.90 bits per heavy atom. The Labute approximate surface area is 121 Å². The van der Waals surface area contributed by atoms with Gasteiger partial charge in [0.2, 0.25) is 0 Å². The topological polar surface area (TPSA) is 34.1 Å². The quantitative estimate of drug-likeness (QED) is 0.854. The standard InChI is InChI=1S/C17H24N2O/c1-2-5-14(6-3-1)13-19-16-7-4-12-20-17(16)15-8-10-18-11-9-15/h1-2,8-11,14,16-17,19H,3-7,12-13H2/t14?,16-,17+/m0/s1. The lowest BCUT2D eigenvalue weighted by Gasteiger charge is -2.34. The van der Waals surface area contributed by atoms with E-state index in [9.17, 15) is 0 Å². The monoisotopic (exact) mass is 272 g/mol. The minimum absolute atomic E-state index is 0.186. The Morgan fingerprint density at radius 1 is 1.20 bits per heavy atom. The van der Waals surface area contributed by atoms with Crippen molar-refractivity contribution in [3.05, 3.63) is 42.2 Å². The molecular formula is C17H24N2O. The molecule has 3 atom stereocenters. The number of aromatic nitrogens is 1. The number of hydrogen-bond acceptors (Lipinski definition) is 3. The molecule has 1 aliphatic carbocycles. The van der Waals surface area contributed by atoms with Crippen molar-refractivity contribution in [2.75, 3.05) is 13.2 Å². The van der Waals surface area contributed by atoms with Crippen LogP contribution in [0.2, 0.25) is 0 Å². The number of rotatable bonds is 4. The van der Waals surface area contributed by atoms with E-state index < -0.39 is 0 Å². The minimum atomic E-state index is 0.186. The molecule has 1 saturated heterocycles. The first-order valence-corrected chi connectivity index (χ1v) is 7.83. The van der Waals surface area contributed by atoms with Gasteiger partial charge in [-0.3, -0.25) is 4.98 Å². The molecule has 1 aromatic rings. The molecule has 0 amide bonds. The molecule has 0 radical (unpaired) electrons. The summed E-state index contributed by atoms with van der Waals surface area (Å²) in [4.78, 5) is 4.10. The first kappa shape index (κ1) is 13.8. The fraction of sp³-hybridized carbons (Fsp3) is 0.588. The van der Waals surface area contributed by atoms with Gasteiger partial charge in [0.15, 0.2) is 0 Å². The molecular weight excluding hydrogens is 248 g/mol. The van der Waals surface area contributed by atoms with Crippen LogP contribution in [0.5, 0.6) is 0 Å². The van der Waals surface area contributed by atoms with Crippen LogP contribution in [0, 0.1) is 5.92 Å². The van der Waals surface area contributed by atoms with E-state index in [2.05, 4.69) is 34.6 Å².